The summed E-state index contributed by atoms with van der Waals surface area (Å²) in [6, 6.07) is 3.28. The topological polar surface area (TPSA) is 65.0 Å². The molecular weight excluding hydrogens is 296 g/mol. The van der Waals surface area contributed by atoms with Crippen LogP contribution in [-0.2, 0) is 9.53 Å². The van der Waals surface area contributed by atoms with Crippen LogP contribution >= 0.6 is 11.6 Å². The molecule has 1 rings (SSSR count). The number of hydrogen-bond donors (Lipinski definition) is 1. The van der Waals surface area contributed by atoms with Crippen molar-refractivity contribution in [1.82, 2.24) is 0 Å². The van der Waals surface area contributed by atoms with E-state index in [0.717, 1.165) is 12.5 Å². The van der Waals surface area contributed by atoms with Crippen LogP contribution in [0.1, 0.15) is 18.9 Å². The van der Waals surface area contributed by atoms with Crippen molar-refractivity contribution in [3.8, 4) is 11.5 Å². The van der Waals surface area contributed by atoms with Crippen molar-refractivity contribution in [3.63, 3.8) is 0 Å². The third kappa shape index (κ3) is 6.06. The van der Waals surface area contributed by atoms with Gasteiger partial charge in [-0.1, -0.05) is 18.5 Å². The third-order valence-electron chi connectivity index (χ3n) is 2.49. The van der Waals surface area contributed by atoms with E-state index in [-0.39, 0.29) is 0 Å². The smallest absolute Gasteiger partial charge is 0.328 e. The molecule has 0 atom stereocenters. The van der Waals surface area contributed by atoms with E-state index in [2.05, 4.69) is 0 Å². The number of benzene rings is 1. The van der Waals surface area contributed by atoms with Gasteiger partial charge in [-0.2, -0.15) is 0 Å². The van der Waals surface area contributed by atoms with E-state index in [4.69, 9.17) is 30.9 Å². The lowest BCUT2D eigenvalue weighted by Crippen LogP contribution is -2.08. The Kier molecular flexibility index (Phi) is 7.64. The number of rotatable bonds is 9. The lowest BCUT2D eigenvalue weighted by atomic mass is 10.2. The second-order valence-electron chi connectivity index (χ2n) is 4.17. The van der Waals surface area contributed by atoms with Crippen LogP contribution in [0.2, 0.25) is 5.02 Å². The lowest BCUT2D eigenvalue weighted by Gasteiger charge is -2.13. The van der Waals surface area contributed by atoms with Gasteiger partial charge in [-0.25, -0.2) is 4.79 Å². The molecule has 0 spiro atoms. The standard InChI is InChI=1S/C15H19ClO5/c1-3-6-20-7-8-21-15-12(16)9-11(4-5-14(17)18)10-13(15)19-2/h4-5,9-10H,3,6-8H2,1-2H3,(H,17,18)/b5-4+. The van der Waals surface area contributed by atoms with E-state index in [0.29, 0.717) is 41.9 Å². The van der Waals surface area contributed by atoms with Crippen molar-refractivity contribution < 1.29 is 24.1 Å². The van der Waals surface area contributed by atoms with Gasteiger partial charge in [0.05, 0.1) is 18.7 Å². The number of carboxylic acids is 1. The fourth-order valence-electron chi connectivity index (χ4n) is 1.59. The first-order valence-corrected chi connectivity index (χ1v) is 6.95. The lowest BCUT2D eigenvalue weighted by molar-refractivity contribution is -0.131. The Balaban J connectivity index is 2.77. The monoisotopic (exact) mass is 314 g/mol. The van der Waals surface area contributed by atoms with Crippen molar-refractivity contribution in [2.45, 2.75) is 13.3 Å². The van der Waals surface area contributed by atoms with Crippen molar-refractivity contribution in [3.05, 3.63) is 28.8 Å². The molecule has 0 radical (unpaired) electrons. The highest BCUT2D eigenvalue weighted by molar-refractivity contribution is 6.32. The Morgan fingerprint density at radius 2 is 2.10 bits per heavy atom. The zero-order valence-electron chi connectivity index (χ0n) is 12.1. The Bertz CT molecular complexity index is 499. The summed E-state index contributed by atoms with van der Waals surface area (Å²) < 4.78 is 16.1. The number of carbonyl (C=O) groups is 1. The largest absolute Gasteiger partial charge is 0.493 e. The molecule has 0 aromatic heterocycles. The molecule has 0 bridgehead atoms. The van der Waals surface area contributed by atoms with E-state index in [1.807, 2.05) is 6.92 Å². The molecule has 0 amide bonds. The average Bonchev–Trinajstić information content (AvgIpc) is 2.46. The first kappa shape index (κ1) is 17.3. The van der Waals surface area contributed by atoms with Gasteiger partial charge in [-0.15, -0.1) is 0 Å². The maximum atomic E-state index is 10.5. The molecule has 21 heavy (non-hydrogen) atoms. The SMILES string of the molecule is CCCOCCOc1c(Cl)cc(/C=C/C(=O)O)cc1OC. The van der Waals surface area contributed by atoms with Crippen LogP contribution in [0.3, 0.4) is 0 Å². The van der Waals surface area contributed by atoms with Gasteiger partial charge in [0.25, 0.3) is 0 Å². The van der Waals surface area contributed by atoms with Crippen LogP contribution in [0.25, 0.3) is 6.08 Å². The molecular formula is C15H19ClO5. The highest BCUT2D eigenvalue weighted by atomic mass is 35.5. The number of methoxy groups -OCH3 is 1. The molecule has 0 fully saturated rings. The summed E-state index contributed by atoms with van der Waals surface area (Å²) in [6.45, 7) is 3.55. The fourth-order valence-corrected chi connectivity index (χ4v) is 1.87. The zero-order chi connectivity index (χ0) is 15.7. The van der Waals surface area contributed by atoms with Gasteiger partial charge in [0.2, 0.25) is 0 Å². The Labute approximate surface area is 129 Å². The summed E-state index contributed by atoms with van der Waals surface area (Å²) in [5, 5.41) is 8.98. The van der Waals surface area contributed by atoms with Gasteiger partial charge in [-0.3, -0.25) is 0 Å². The maximum absolute atomic E-state index is 10.5. The quantitative estimate of drug-likeness (QED) is 0.560. The Hall–Kier alpha value is -1.72. The van der Waals surface area contributed by atoms with Crippen molar-refractivity contribution in [1.29, 1.82) is 0 Å². The molecule has 0 aliphatic carbocycles. The second kappa shape index (κ2) is 9.26. The molecule has 1 N–H and O–H groups in total. The summed E-state index contributed by atoms with van der Waals surface area (Å²) in [6.07, 6.45) is 3.42. The molecule has 5 nitrogen and oxygen atoms in total. The van der Waals surface area contributed by atoms with Gasteiger partial charge < -0.3 is 19.3 Å². The van der Waals surface area contributed by atoms with Crippen LogP contribution in [0.4, 0.5) is 0 Å². The molecule has 0 saturated heterocycles. The molecule has 0 unspecified atom stereocenters. The normalized spacial score (nSPS) is 10.8. The van der Waals surface area contributed by atoms with Crippen molar-refractivity contribution in [2.24, 2.45) is 0 Å². The minimum atomic E-state index is -1.03. The number of carboxylic acid groups (broad SMARTS) is 1. The molecule has 0 aliphatic heterocycles. The molecule has 1 aromatic carbocycles. The number of aliphatic carboxylic acids is 1. The van der Waals surface area contributed by atoms with Crippen molar-refractivity contribution in [2.75, 3.05) is 26.9 Å². The van der Waals surface area contributed by atoms with E-state index in [1.165, 1.54) is 13.2 Å². The maximum Gasteiger partial charge on any atom is 0.328 e. The van der Waals surface area contributed by atoms with E-state index in [1.54, 1.807) is 12.1 Å². The van der Waals surface area contributed by atoms with Crippen LogP contribution in [-0.4, -0.2) is 38.0 Å². The minimum absolute atomic E-state index is 0.356. The van der Waals surface area contributed by atoms with Crippen LogP contribution in [0.15, 0.2) is 18.2 Å². The minimum Gasteiger partial charge on any atom is -0.493 e. The third-order valence-corrected chi connectivity index (χ3v) is 2.77. The molecule has 0 heterocycles. The highest BCUT2D eigenvalue weighted by Crippen LogP contribution is 2.36. The van der Waals surface area contributed by atoms with Crippen LogP contribution in [0, 0.1) is 0 Å². The second-order valence-corrected chi connectivity index (χ2v) is 4.57. The summed E-state index contributed by atoms with van der Waals surface area (Å²) in [5.74, 6) is -0.159. The van der Waals surface area contributed by atoms with Gasteiger partial charge >= 0.3 is 5.97 Å². The number of halogens is 1. The van der Waals surface area contributed by atoms with E-state index >= 15 is 0 Å². The summed E-state index contributed by atoms with van der Waals surface area (Å²) in [5.41, 5.74) is 0.619. The van der Waals surface area contributed by atoms with E-state index in [9.17, 15) is 4.79 Å². The average molecular weight is 315 g/mol. The van der Waals surface area contributed by atoms with Gasteiger partial charge in [0.1, 0.15) is 6.61 Å². The van der Waals surface area contributed by atoms with E-state index < -0.39 is 5.97 Å². The van der Waals surface area contributed by atoms with Crippen molar-refractivity contribution >= 4 is 23.6 Å². The first-order chi connectivity index (χ1) is 10.1. The van der Waals surface area contributed by atoms with Crippen LogP contribution in [0.5, 0.6) is 11.5 Å². The molecule has 0 aliphatic rings. The molecule has 1 aromatic rings. The summed E-state index contributed by atoms with van der Waals surface area (Å²) in [7, 11) is 1.50. The molecule has 6 heteroatoms. The van der Waals surface area contributed by atoms with Gasteiger partial charge in [0.15, 0.2) is 11.5 Å². The first-order valence-electron chi connectivity index (χ1n) is 6.57. The van der Waals surface area contributed by atoms with Gasteiger partial charge in [-0.05, 0) is 30.2 Å². The Morgan fingerprint density at radius 3 is 2.71 bits per heavy atom. The summed E-state index contributed by atoms with van der Waals surface area (Å²) in [4.78, 5) is 10.5. The fraction of sp³-hybridized carbons (Fsp3) is 0.400. The number of hydrogen-bond acceptors (Lipinski definition) is 4. The van der Waals surface area contributed by atoms with Gasteiger partial charge in [0, 0.05) is 12.7 Å². The number of ether oxygens (including phenoxy) is 3. The predicted molar refractivity (Wildman–Crippen MR) is 81.3 cm³/mol. The van der Waals surface area contributed by atoms with Crippen LogP contribution < -0.4 is 9.47 Å². The molecule has 116 valence electrons. The highest BCUT2D eigenvalue weighted by Gasteiger charge is 2.11. The molecule has 0 saturated carbocycles. The zero-order valence-corrected chi connectivity index (χ0v) is 12.9. The predicted octanol–water partition coefficient (Wildman–Crippen LogP) is 3.25. The Morgan fingerprint density at radius 1 is 1.33 bits per heavy atom. The summed E-state index contributed by atoms with van der Waals surface area (Å²) >= 11 is 6.14.